The Morgan fingerprint density at radius 1 is 1.03 bits per heavy atom. The number of urea groups is 1. The molecule has 0 aliphatic carbocycles. The number of benzene rings is 2. The summed E-state index contributed by atoms with van der Waals surface area (Å²) >= 11 is 0. The van der Waals surface area contributed by atoms with Gasteiger partial charge in [0.05, 0.1) is 18.2 Å². The minimum Gasteiger partial charge on any atom is -0.462 e. The zero-order valence-corrected chi connectivity index (χ0v) is 22.6. The van der Waals surface area contributed by atoms with Gasteiger partial charge in [0.15, 0.2) is 0 Å². The molecular formula is C30H39N3O4. The molecule has 7 nitrogen and oxygen atoms in total. The van der Waals surface area contributed by atoms with Crippen molar-refractivity contribution in [1.29, 1.82) is 0 Å². The predicted octanol–water partition coefficient (Wildman–Crippen LogP) is 6.23. The second-order valence-corrected chi connectivity index (χ2v) is 9.90. The van der Waals surface area contributed by atoms with Gasteiger partial charge in [-0.2, -0.15) is 0 Å². The van der Waals surface area contributed by atoms with Crippen LogP contribution in [0.1, 0.15) is 81.4 Å². The number of nitrogens with one attached hydrogen (secondary N) is 2. The summed E-state index contributed by atoms with van der Waals surface area (Å²) in [7, 11) is 0. The Morgan fingerprint density at radius 3 is 2.30 bits per heavy atom. The summed E-state index contributed by atoms with van der Waals surface area (Å²) in [5.41, 5.74) is 4.20. The van der Waals surface area contributed by atoms with E-state index < -0.39 is 12.0 Å². The van der Waals surface area contributed by atoms with Gasteiger partial charge in [-0.3, -0.25) is 9.69 Å². The van der Waals surface area contributed by atoms with Crippen molar-refractivity contribution in [3.8, 4) is 0 Å². The van der Waals surface area contributed by atoms with E-state index >= 15 is 0 Å². The fraction of sp³-hybridized carbons (Fsp3) is 0.433. The van der Waals surface area contributed by atoms with Crippen LogP contribution in [0.4, 0.5) is 10.5 Å². The molecule has 3 amide bonds. The zero-order chi connectivity index (χ0) is 26.9. The quantitative estimate of drug-likeness (QED) is 0.354. The predicted molar refractivity (Wildman–Crippen MR) is 146 cm³/mol. The Labute approximate surface area is 220 Å². The number of unbranched alkanes of at least 4 members (excludes halogenated alkanes) is 1. The molecule has 0 saturated heterocycles. The molecule has 1 aliphatic heterocycles. The summed E-state index contributed by atoms with van der Waals surface area (Å²) in [6.45, 7) is 10.7. The van der Waals surface area contributed by atoms with Crippen LogP contribution in [0.25, 0.3) is 0 Å². The van der Waals surface area contributed by atoms with Crippen LogP contribution in [0.3, 0.4) is 0 Å². The topological polar surface area (TPSA) is 87.7 Å². The van der Waals surface area contributed by atoms with E-state index in [2.05, 4.69) is 17.6 Å². The fourth-order valence-electron chi connectivity index (χ4n) is 4.27. The molecule has 0 spiro atoms. The number of hydrogen-bond acceptors (Lipinski definition) is 4. The largest absolute Gasteiger partial charge is 0.462 e. The summed E-state index contributed by atoms with van der Waals surface area (Å²) < 4.78 is 5.55. The van der Waals surface area contributed by atoms with Crippen molar-refractivity contribution < 1.29 is 19.1 Å². The molecule has 7 heteroatoms. The van der Waals surface area contributed by atoms with Crippen molar-refractivity contribution >= 4 is 23.6 Å². The van der Waals surface area contributed by atoms with Gasteiger partial charge in [-0.25, -0.2) is 9.59 Å². The number of nitrogens with zero attached hydrogens (tertiary/aromatic N) is 1. The number of carbonyl (C=O) groups excluding carboxylic acids is 3. The van der Waals surface area contributed by atoms with Crippen molar-refractivity contribution in [3.63, 3.8) is 0 Å². The lowest BCUT2D eigenvalue weighted by Gasteiger charge is -2.35. The molecule has 1 unspecified atom stereocenters. The molecule has 3 rings (SSSR count). The van der Waals surface area contributed by atoms with Gasteiger partial charge >= 0.3 is 12.0 Å². The van der Waals surface area contributed by atoms with Gasteiger partial charge in [0.25, 0.3) is 5.91 Å². The third-order valence-corrected chi connectivity index (χ3v) is 6.35. The van der Waals surface area contributed by atoms with Crippen LogP contribution in [0, 0.1) is 5.92 Å². The first-order valence-electron chi connectivity index (χ1n) is 13.2. The maximum Gasteiger partial charge on any atom is 0.338 e. The molecule has 2 aromatic rings. The number of rotatable bonds is 11. The standard InChI is InChI=1S/C30H39N3O4/c1-6-8-9-22-10-12-24(13-11-22)28(34)31-25-16-14-23(15-17-25)27-26(29(35)37-19-20(3)4)21(5)33(18-7-2)30(36)32-27/h10-17,20,27H,6-9,18-19H2,1-5H3,(H,31,34)(H,32,36). The Morgan fingerprint density at radius 2 is 1.70 bits per heavy atom. The van der Waals surface area contributed by atoms with Crippen molar-refractivity contribution in [3.05, 3.63) is 76.5 Å². The number of allylic oxidation sites excluding steroid dienone is 1. The molecule has 2 aromatic carbocycles. The maximum atomic E-state index is 13.1. The molecule has 198 valence electrons. The molecule has 2 N–H and O–H groups in total. The average Bonchev–Trinajstić information content (AvgIpc) is 2.89. The van der Waals surface area contributed by atoms with E-state index in [1.165, 1.54) is 5.56 Å². The zero-order valence-electron chi connectivity index (χ0n) is 22.6. The van der Waals surface area contributed by atoms with Gasteiger partial charge in [0.1, 0.15) is 0 Å². The molecule has 0 aromatic heterocycles. The highest BCUT2D eigenvalue weighted by Crippen LogP contribution is 2.32. The SMILES string of the molecule is CCCCc1ccc(C(=O)Nc2ccc(C3NC(=O)N(CCC)C(C)=C3C(=O)OCC(C)C)cc2)cc1. The van der Waals surface area contributed by atoms with E-state index in [9.17, 15) is 14.4 Å². The van der Waals surface area contributed by atoms with Crippen LogP contribution in [0.5, 0.6) is 0 Å². The second kappa shape index (κ2) is 13.1. The van der Waals surface area contributed by atoms with Crippen molar-refractivity contribution in [2.45, 2.75) is 66.3 Å². The van der Waals surface area contributed by atoms with Gasteiger partial charge in [-0.1, -0.05) is 58.4 Å². The molecule has 0 fully saturated rings. The number of amides is 3. The van der Waals surface area contributed by atoms with Crippen LogP contribution < -0.4 is 10.6 Å². The number of aryl methyl sites for hydroxylation is 1. The van der Waals surface area contributed by atoms with Crippen molar-refractivity contribution in [1.82, 2.24) is 10.2 Å². The van der Waals surface area contributed by atoms with Gasteiger partial charge < -0.3 is 15.4 Å². The average molecular weight is 506 g/mol. The summed E-state index contributed by atoms with van der Waals surface area (Å²) in [5, 5.41) is 5.88. The van der Waals surface area contributed by atoms with Crippen LogP contribution in [0.2, 0.25) is 0 Å². The van der Waals surface area contributed by atoms with E-state index in [0.717, 1.165) is 31.2 Å². The van der Waals surface area contributed by atoms with Crippen molar-refractivity contribution in [2.24, 2.45) is 5.92 Å². The van der Waals surface area contributed by atoms with Gasteiger partial charge in [-0.05, 0) is 67.5 Å². The minimum atomic E-state index is -0.638. The first kappa shape index (κ1) is 28.0. The van der Waals surface area contributed by atoms with Crippen LogP contribution >= 0.6 is 0 Å². The van der Waals surface area contributed by atoms with Crippen LogP contribution in [-0.4, -0.2) is 36.0 Å². The summed E-state index contributed by atoms with van der Waals surface area (Å²) in [4.78, 5) is 40.2. The van der Waals surface area contributed by atoms with Gasteiger partial charge in [0, 0.05) is 23.5 Å². The molecule has 0 bridgehead atoms. The number of hydrogen-bond donors (Lipinski definition) is 2. The van der Waals surface area contributed by atoms with E-state index in [-0.39, 0.29) is 17.9 Å². The first-order valence-corrected chi connectivity index (χ1v) is 13.2. The number of esters is 1. The van der Waals surface area contributed by atoms with Gasteiger partial charge in [0.2, 0.25) is 0 Å². The Balaban J connectivity index is 1.78. The third-order valence-electron chi connectivity index (χ3n) is 6.35. The number of carbonyl (C=O) groups is 3. The fourth-order valence-corrected chi connectivity index (χ4v) is 4.27. The minimum absolute atomic E-state index is 0.190. The number of anilines is 1. The molecule has 37 heavy (non-hydrogen) atoms. The van der Waals surface area contributed by atoms with E-state index in [1.807, 2.05) is 57.2 Å². The smallest absolute Gasteiger partial charge is 0.338 e. The normalized spacial score (nSPS) is 15.6. The molecule has 1 aliphatic rings. The molecule has 0 saturated carbocycles. The Bertz CT molecular complexity index is 1120. The maximum absolute atomic E-state index is 13.1. The van der Waals surface area contributed by atoms with E-state index in [1.54, 1.807) is 24.0 Å². The van der Waals surface area contributed by atoms with Crippen LogP contribution in [0.15, 0.2) is 59.8 Å². The lowest BCUT2D eigenvalue weighted by Crippen LogP contribution is -2.48. The monoisotopic (exact) mass is 505 g/mol. The highest BCUT2D eigenvalue weighted by Gasteiger charge is 2.36. The Kier molecular flexibility index (Phi) is 9.89. The summed E-state index contributed by atoms with van der Waals surface area (Å²) in [6.07, 6.45) is 4.03. The molecule has 1 heterocycles. The summed E-state index contributed by atoms with van der Waals surface area (Å²) in [6, 6.07) is 14.0. The molecule has 1 atom stereocenters. The van der Waals surface area contributed by atoms with Crippen molar-refractivity contribution in [2.75, 3.05) is 18.5 Å². The second-order valence-electron chi connectivity index (χ2n) is 9.90. The van der Waals surface area contributed by atoms with E-state index in [4.69, 9.17) is 4.74 Å². The highest BCUT2D eigenvalue weighted by molar-refractivity contribution is 6.04. The highest BCUT2D eigenvalue weighted by atomic mass is 16.5. The molecular weight excluding hydrogens is 466 g/mol. The molecule has 0 radical (unpaired) electrons. The number of ether oxygens (including phenoxy) is 1. The summed E-state index contributed by atoms with van der Waals surface area (Å²) in [5.74, 6) is -0.426. The Hall–Kier alpha value is -3.61. The van der Waals surface area contributed by atoms with Gasteiger partial charge in [-0.15, -0.1) is 0 Å². The lowest BCUT2D eigenvalue weighted by atomic mass is 9.94. The third kappa shape index (κ3) is 7.21. The van der Waals surface area contributed by atoms with E-state index in [0.29, 0.717) is 35.7 Å². The first-order chi connectivity index (χ1) is 17.7. The van der Waals surface area contributed by atoms with Crippen LogP contribution in [-0.2, 0) is 16.0 Å². The lowest BCUT2D eigenvalue weighted by molar-refractivity contribution is -0.140.